The molecule has 0 aromatic rings. The zero-order valence-electron chi connectivity index (χ0n) is 9.67. The lowest BCUT2D eigenvalue weighted by molar-refractivity contribution is -0.137. The second-order valence-corrected chi connectivity index (χ2v) is 4.06. The van der Waals surface area contributed by atoms with Gasteiger partial charge in [0.2, 0.25) is 0 Å². The number of carbonyl (C=O) groups excluding carboxylic acids is 1. The lowest BCUT2D eigenvalue weighted by Gasteiger charge is -2.13. The summed E-state index contributed by atoms with van der Waals surface area (Å²) >= 11 is 0. The van der Waals surface area contributed by atoms with Gasteiger partial charge in [0.15, 0.2) is 0 Å². The molecule has 0 spiro atoms. The molecule has 0 aliphatic carbocycles. The Morgan fingerprint density at radius 1 is 1.12 bits per heavy atom. The normalized spacial score (nSPS) is 11.7. The molecule has 6 nitrogen and oxygen atoms in total. The Balaban J connectivity index is 4.21. The fourth-order valence-corrected chi connectivity index (χ4v) is 1.80. The van der Waals surface area contributed by atoms with Crippen LogP contribution in [0.1, 0.15) is 20.8 Å². The molecule has 0 atom stereocenters. The van der Waals surface area contributed by atoms with Crippen LogP contribution in [-0.4, -0.2) is 25.8 Å². The molecule has 0 radical (unpaired) electrons. The first-order valence-electron chi connectivity index (χ1n) is 4.98. The first kappa shape index (κ1) is 15.2. The van der Waals surface area contributed by atoms with Crippen molar-refractivity contribution in [2.75, 3.05) is 19.8 Å². The minimum atomic E-state index is -3.59. The van der Waals surface area contributed by atoms with Gasteiger partial charge in [0.25, 0.3) is 0 Å². The summed E-state index contributed by atoms with van der Waals surface area (Å²) in [5.41, 5.74) is 0. The number of hydrogen-bond acceptors (Lipinski definition) is 6. The lowest BCUT2D eigenvalue weighted by Crippen LogP contribution is -2.00. The molecule has 7 heteroatoms. The summed E-state index contributed by atoms with van der Waals surface area (Å²) in [5.74, 6) is -0.581. The quantitative estimate of drug-likeness (QED) is 0.285. The summed E-state index contributed by atoms with van der Waals surface area (Å²) < 4.78 is 30.7. The van der Waals surface area contributed by atoms with E-state index in [2.05, 4.69) is 4.74 Å². The van der Waals surface area contributed by atoms with Gasteiger partial charge in [0.1, 0.15) is 6.26 Å². The van der Waals surface area contributed by atoms with E-state index < -0.39 is 13.8 Å². The molecule has 0 aromatic carbocycles. The van der Waals surface area contributed by atoms with Gasteiger partial charge in [-0.05, 0) is 20.8 Å². The maximum Gasteiger partial charge on any atom is 0.529 e. The fourth-order valence-electron chi connectivity index (χ4n) is 0.765. The summed E-state index contributed by atoms with van der Waals surface area (Å²) in [7, 11) is -3.59. The van der Waals surface area contributed by atoms with Crippen molar-refractivity contribution >= 4 is 13.8 Å². The maximum absolute atomic E-state index is 11.7. The molecular formula is C9H17O6P. The Labute approximate surface area is 95.1 Å². The van der Waals surface area contributed by atoms with E-state index in [1.165, 1.54) is 0 Å². The van der Waals surface area contributed by atoms with Gasteiger partial charge in [0.05, 0.1) is 25.9 Å². The second kappa shape index (κ2) is 8.33. The van der Waals surface area contributed by atoms with Crippen LogP contribution in [0, 0.1) is 0 Å². The van der Waals surface area contributed by atoms with E-state index in [1.807, 2.05) is 0 Å². The fraction of sp³-hybridized carbons (Fsp3) is 0.667. The van der Waals surface area contributed by atoms with Crippen LogP contribution in [0.25, 0.3) is 0 Å². The molecule has 0 amide bonds. The predicted molar refractivity (Wildman–Crippen MR) is 57.7 cm³/mol. The summed E-state index contributed by atoms with van der Waals surface area (Å²) in [6.45, 7) is 5.62. The number of hydrogen-bond donors (Lipinski definition) is 0. The second-order valence-electron chi connectivity index (χ2n) is 2.44. The number of rotatable bonds is 8. The topological polar surface area (TPSA) is 71.1 Å². The number of carbonyl (C=O) groups is 1. The van der Waals surface area contributed by atoms with Gasteiger partial charge in [-0.25, -0.2) is 9.36 Å². The van der Waals surface area contributed by atoms with E-state index in [0.717, 1.165) is 12.3 Å². The highest BCUT2D eigenvalue weighted by Gasteiger charge is 2.25. The molecule has 0 fully saturated rings. The van der Waals surface area contributed by atoms with Crippen molar-refractivity contribution in [2.24, 2.45) is 0 Å². The molecule has 0 bridgehead atoms. The van der Waals surface area contributed by atoms with E-state index >= 15 is 0 Å². The zero-order valence-corrected chi connectivity index (χ0v) is 10.6. The summed E-state index contributed by atoms with van der Waals surface area (Å²) in [5, 5.41) is 0. The highest BCUT2D eigenvalue weighted by Crippen LogP contribution is 2.49. The van der Waals surface area contributed by atoms with Crippen molar-refractivity contribution in [3.63, 3.8) is 0 Å². The average molecular weight is 252 g/mol. The third kappa shape index (κ3) is 6.61. The standard InChI is InChI=1S/C9H17O6P/c1-4-12-9(10)7-8-15-16(11,13-5-2)14-6-3/h7-8H,4-6H2,1-3H3/b8-7+. The Morgan fingerprint density at radius 3 is 2.12 bits per heavy atom. The number of phosphoric acid groups is 1. The molecule has 0 aromatic heterocycles. The van der Waals surface area contributed by atoms with Gasteiger partial charge in [-0.2, -0.15) is 0 Å². The molecule has 16 heavy (non-hydrogen) atoms. The Morgan fingerprint density at radius 2 is 1.69 bits per heavy atom. The van der Waals surface area contributed by atoms with Crippen LogP contribution in [0.4, 0.5) is 0 Å². The number of ether oxygens (including phenoxy) is 1. The molecule has 0 aliphatic rings. The predicted octanol–water partition coefficient (Wildman–Crippen LogP) is 2.26. The Kier molecular flexibility index (Phi) is 7.89. The van der Waals surface area contributed by atoms with Gasteiger partial charge in [-0.15, -0.1) is 0 Å². The number of phosphoric ester groups is 1. The first-order valence-corrected chi connectivity index (χ1v) is 6.44. The molecule has 0 heterocycles. The summed E-state index contributed by atoms with van der Waals surface area (Å²) in [6, 6.07) is 0. The average Bonchev–Trinajstić information content (AvgIpc) is 2.18. The van der Waals surface area contributed by atoms with Crippen LogP contribution in [0.5, 0.6) is 0 Å². The summed E-state index contributed by atoms with van der Waals surface area (Å²) in [4.78, 5) is 10.9. The van der Waals surface area contributed by atoms with Gasteiger partial charge < -0.3 is 9.26 Å². The minimum Gasteiger partial charge on any atom is -0.463 e. The van der Waals surface area contributed by atoms with Crippen LogP contribution < -0.4 is 0 Å². The van der Waals surface area contributed by atoms with Gasteiger partial charge in [-0.3, -0.25) is 9.05 Å². The van der Waals surface area contributed by atoms with Crippen molar-refractivity contribution in [1.82, 2.24) is 0 Å². The lowest BCUT2D eigenvalue weighted by atomic mass is 10.6. The van der Waals surface area contributed by atoms with Crippen LogP contribution in [-0.2, 0) is 27.7 Å². The largest absolute Gasteiger partial charge is 0.529 e. The van der Waals surface area contributed by atoms with E-state index in [1.54, 1.807) is 20.8 Å². The van der Waals surface area contributed by atoms with Crippen LogP contribution >= 0.6 is 7.82 Å². The van der Waals surface area contributed by atoms with Crippen molar-refractivity contribution in [3.05, 3.63) is 12.3 Å². The maximum atomic E-state index is 11.7. The molecule has 94 valence electrons. The SMILES string of the molecule is CCOC(=O)/C=C/OP(=O)(OCC)OCC. The number of esters is 1. The molecule has 0 aliphatic heterocycles. The van der Waals surface area contributed by atoms with Gasteiger partial charge in [0, 0.05) is 0 Å². The van der Waals surface area contributed by atoms with Crippen LogP contribution in [0.3, 0.4) is 0 Å². The molecule has 0 saturated heterocycles. The third-order valence-electron chi connectivity index (χ3n) is 1.26. The molecule has 0 saturated carbocycles. The van der Waals surface area contributed by atoms with E-state index in [9.17, 15) is 9.36 Å². The van der Waals surface area contributed by atoms with E-state index in [4.69, 9.17) is 13.6 Å². The monoisotopic (exact) mass is 252 g/mol. The summed E-state index contributed by atoms with van der Waals surface area (Å²) in [6.07, 6.45) is 1.96. The molecule has 0 N–H and O–H groups in total. The highest BCUT2D eigenvalue weighted by molar-refractivity contribution is 7.48. The van der Waals surface area contributed by atoms with Gasteiger partial charge in [-0.1, -0.05) is 0 Å². The van der Waals surface area contributed by atoms with Crippen LogP contribution in [0.2, 0.25) is 0 Å². The minimum absolute atomic E-state index is 0.185. The Bertz CT molecular complexity index is 265. The van der Waals surface area contributed by atoms with Crippen molar-refractivity contribution in [3.8, 4) is 0 Å². The van der Waals surface area contributed by atoms with Crippen molar-refractivity contribution in [1.29, 1.82) is 0 Å². The molecule has 0 unspecified atom stereocenters. The van der Waals surface area contributed by atoms with Crippen molar-refractivity contribution < 1.29 is 27.7 Å². The van der Waals surface area contributed by atoms with Crippen molar-refractivity contribution in [2.45, 2.75) is 20.8 Å². The first-order chi connectivity index (χ1) is 7.58. The van der Waals surface area contributed by atoms with Gasteiger partial charge >= 0.3 is 13.8 Å². The molecule has 0 rings (SSSR count). The smallest absolute Gasteiger partial charge is 0.463 e. The van der Waals surface area contributed by atoms with E-state index in [-0.39, 0.29) is 19.8 Å². The third-order valence-corrected chi connectivity index (χ3v) is 2.78. The Hall–Kier alpha value is -0.840. The van der Waals surface area contributed by atoms with E-state index in [0.29, 0.717) is 0 Å². The highest BCUT2D eigenvalue weighted by atomic mass is 31.2. The molecular weight excluding hydrogens is 235 g/mol. The zero-order chi connectivity index (χ0) is 12.4. The van der Waals surface area contributed by atoms with Crippen LogP contribution in [0.15, 0.2) is 12.3 Å².